The number of ether oxygens (including phenoxy) is 1. The summed E-state index contributed by atoms with van der Waals surface area (Å²) in [5, 5.41) is 8.53. The lowest BCUT2D eigenvalue weighted by Gasteiger charge is -2.35. The molecule has 8 nitrogen and oxygen atoms in total. The maximum Gasteiger partial charge on any atom is 0.265 e. The standard InChI is InChI=1S/C16H21N5O3S.ClH/c1-24-9-16(2-4-18-5-3-16)14(23)21-15-20-12(8-25-15)10-6-11(13(17)22)19-7-10;/h6-8,18-19H,2-5,9H2,1H3,(H2,17,22)(H,20,21,23);1H. The van der Waals surface area contributed by atoms with E-state index in [0.717, 1.165) is 31.5 Å². The van der Waals surface area contributed by atoms with Gasteiger partial charge in [-0.25, -0.2) is 4.98 Å². The number of H-pyrrole nitrogens is 1. The van der Waals surface area contributed by atoms with Crippen LogP contribution in [0, 0.1) is 5.41 Å². The predicted molar refractivity (Wildman–Crippen MR) is 103 cm³/mol. The highest BCUT2D eigenvalue weighted by Crippen LogP contribution is 2.32. The minimum Gasteiger partial charge on any atom is -0.384 e. The molecule has 0 radical (unpaired) electrons. The summed E-state index contributed by atoms with van der Waals surface area (Å²) < 4.78 is 5.29. The molecule has 0 spiro atoms. The first-order valence-electron chi connectivity index (χ1n) is 7.99. The van der Waals surface area contributed by atoms with E-state index in [1.54, 1.807) is 19.4 Å². The molecule has 142 valence electrons. The van der Waals surface area contributed by atoms with Crippen LogP contribution in [0.4, 0.5) is 5.13 Å². The van der Waals surface area contributed by atoms with Crippen molar-refractivity contribution in [3.8, 4) is 11.3 Å². The van der Waals surface area contributed by atoms with Gasteiger partial charge in [0.25, 0.3) is 5.91 Å². The third-order valence-corrected chi connectivity index (χ3v) is 5.19. The zero-order chi connectivity index (χ0) is 17.9. The molecule has 0 saturated carbocycles. The van der Waals surface area contributed by atoms with Crippen LogP contribution in [0.15, 0.2) is 17.6 Å². The normalized spacial score (nSPS) is 15.9. The van der Waals surface area contributed by atoms with Crippen LogP contribution in [0.25, 0.3) is 11.3 Å². The molecule has 2 aromatic heterocycles. The summed E-state index contributed by atoms with van der Waals surface area (Å²) in [6, 6.07) is 1.64. The molecule has 0 aliphatic carbocycles. The van der Waals surface area contributed by atoms with Crippen molar-refractivity contribution < 1.29 is 14.3 Å². The summed E-state index contributed by atoms with van der Waals surface area (Å²) >= 11 is 1.34. The van der Waals surface area contributed by atoms with Gasteiger partial charge in [-0.3, -0.25) is 9.59 Å². The molecule has 1 aliphatic rings. The van der Waals surface area contributed by atoms with E-state index in [4.69, 9.17) is 10.5 Å². The minimum atomic E-state index is -0.529. The smallest absolute Gasteiger partial charge is 0.265 e. The van der Waals surface area contributed by atoms with E-state index in [0.29, 0.717) is 23.1 Å². The molecule has 0 atom stereocenters. The SMILES string of the molecule is COCC1(C(=O)Nc2nc(-c3c[nH]c(C(N)=O)c3)cs2)CCNCC1.Cl. The Kier molecular flexibility index (Phi) is 6.76. The highest BCUT2D eigenvalue weighted by Gasteiger charge is 2.40. The van der Waals surface area contributed by atoms with Gasteiger partial charge in [-0.15, -0.1) is 23.7 Å². The van der Waals surface area contributed by atoms with Crippen LogP contribution in [-0.2, 0) is 9.53 Å². The van der Waals surface area contributed by atoms with Crippen LogP contribution in [0.2, 0.25) is 0 Å². The second kappa shape index (κ2) is 8.63. The van der Waals surface area contributed by atoms with Crippen molar-refractivity contribution in [3.63, 3.8) is 0 Å². The van der Waals surface area contributed by atoms with Gasteiger partial charge in [0.15, 0.2) is 5.13 Å². The van der Waals surface area contributed by atoms with Gasteiger partial charge in [-0.1, -0.05) is 0 Å². The number of rotatable bonds is 6. The van der Waals surface area contributed by atoms with Crippen molar-refractivity contribution in [1.29, 1.82) is 0 Å². The van der Waals surface area contributed by atoms with Gasteiger partial charge < -0.3 is 26.1 Å². The van der Waals surface area contributed by atoms with Gasteiger partial charge in [0.1, 0.15) is 5.69 Å². The first kappa shape index (κ1) is 20.4. The number of thiazole rings is 1. The van der Waals surface area contributed by atoms with Crippen molar-refractivity contribution in [2.45, 2.75) is 12.8 Å². The Hall–Kier alpha value is -1.94. The molecule has 0 unspecified atom stereocenters. The number of nitrogens with one attached hydrogen (secondary N) is 3. The number of carbonyl (C=O) groups excluding carboxylic acids is 2. The molecule has 1 aliphatic heterocycles. The van der Waals surface area contributed by atoms with E-state index in [2.05, 4.69) is 20.6 Å². The van der Waals surface area contributed by atoms with Gasteiger partial charge >= 0.3 is 0 Å². The molecule has 2 aromatic rings. The molecule has 26 heavy (non-hydrogen) atoms. The fourth-order valence-electron chi connectivity index (χ4n) is 3.00. The minimum absolute atomic E-state index is 0. The zero-order valence-corrected chi connectivity index (χ0v) is 16.0. The lowest BCUT2D eigenvalue weighted by Crippen LogP contribution is -2.47. The maximum atomic E-state index is 12.8. The summed E-state index contributed by atoms with van der Waals surface area (Å²) in [6.07, 6.45) is 3.12. The van der Waals surface area contributed by atoms with E-state index in [1.165, 1.54) is 11.3 Å². The van der Waals surface area contributed by atoms with Crippen LogP contribution >= 0.6 is 23.7 Å². The molecule has 2 amide bonds. The molecule has 0 aromatic carbocycles. The average Bonchev–Trinajstić information content (AvgIpc) is 3.25. The fraction of sp³-hybridized carbons (Fsp3) is 0.438. The number of methoxy groups -OCH3 is 1. The number of carbonyl (C=O) groups is 2. The molecule has 10 heteroatoms. The Morgan fingerprint density at radius 2 is 2.15 bits per heavy atom. The molecule has 0 bridgehead atoms. The third-order valence-electron chi connectivity index (χ3n) is 4.43. The number of piperidine rings is 1. The Morgan fingerprint density at radius 3 is 2.77 bits per heavy atom. The zero-order valence-electron chi connectivity index (χ0n) is 14.3. The Labute approximate surface area is 161 Å². The third kappa shape index (κ3) is 4.24. The molecular formula is C16H22ClN5O3S. The van der Waals surface area contributed by atoms with Gasteiger partial charge in [0.05, 0.1) is 17.7 Å². The van der Waals surface area contributed by atoms with Gasteiger partial charge in [0.2, 0.25) is 5.91 Å². The van der Waals surface area contributed by atoms with Crippen molar-refractivity contribution >= 4 is 40.7 Å². The molecule has 3 heterocycles. The predicted octanol–water partition coefficient (Wildman–Crippen LogP) is 1.61. The molecule has 3 rings (SSSR count). The summed E-state index contributed by atoms with van der Waals surface area (Å²) in [6.45, 7) is 1.97. The summed E-state index contributed by atoms with van der Waals surface area (Å²) in [5.41, 5.74) is 6.46. The number of hydrogen-bond donors (Lipinski definition) is 4. The number of nitrogens with two attached hydrogens (primary N) is 1. The van der Waals surface area contributed by atoms with Gasteiger partial charge in [0, 0.05) is 24.3 Å². The van der Waals surface area contributed by atoms with Gasteiger partial charge in [-0.2, -0.15) is 0 Å². The monoisotopic (exact) mass is 399 g/mol. The highest BCUT2D eigenvalue weighted by molar-refractivity contribution is 7.14. The number of primary amides is 1. The lowest BCUT2D eigenvalue weighted by molar-refractivity contribution is -0.130. The van der Waals surface area contributed by atoms with E-state index < -0.39 is 11.3 Å². The number of aromatic amines is 1. The number of aromatic nitrogens is 2. The van der Waals surface area contributed by atoms with Crippen LogP contribution in [0.3, 0.4) is 0 Å². The maximum absolute atomic E-state index is 12.8. The molecule has 1 fully saturated rings. The highest BCUT2D eigenvalue weighted by atomic mass is 35.5. The quantitative estimate of drug-likeness (QED) is 0.587. The Balaban J connectivity index is 0.00000243. The second-order valence-electron chi connectivity index (χ2n) is 6.12. The molecular weight excluding hydrogens is 378 g/mol. The summed E-state index contributed by atoms with van der Waals surface area (Å²) in [4.78, 5) is 31.2. The summed E-state index contributed by atoms with van der Waals surface area (Å²) in [7, 11) is 1.61. The lowest BCUT2D eigenvalue weighted by atomic mass is 9.79. The Bertz CT molecular complexity index is 764. The van der Waals surface area contributed by atoms with Crippen molar-refractivity contribution in [1.82, 2.24) is 15.3 Å². The number of nitrogens with zero attached hydrogens (tertiary/aromatic N) is 1. The van der Waals surface area contributed by atoms with Crippen molar-refractivity contribution in [3.05, 3.63) is 23.3 Å². The average molecular weight is 400 g/mol. The topological polar surface area (TPSA) is 122 Å². The van der Waals surface area contributed by atoms with E-state index >= 15 is 0 Å². The number of halogens is 1. The first-order valence-corrected chi connectivity index (χ1v) is 8.87. The van der Waals surface area contributed by atoms with Crippen molar-refractivity contribution in [2.75, 3.05) is 32.1 Å². The number of amides is 2. The Morgan fingerprint density at radius 1 is 1.42 bits per heavy atom. The van der Waals surface area contributed by atoms with E-state index in [1.807, 2.05) is 5.38 Å². The van der Waals surface area contributed by atoms with Crippen LogP contribution in [0.1, 0.15) is 23.3 Å². The van der Waals surface area contributed by atoms with Crippen LogP contribution in [0.5, 0.6) is 0 Å². The largest absolute Gasteiger partial charge is 0.384 e. The second-order valence-corrected chi connectivity index (χ2v) is 6.98. The van der Waals surface area contributed by atoms with E-state index in [-0.39, 0.29) is 18.3 Å². The first-order chi connectivity index (χ1) is 12.0. The number of hydrogen-bond acceptors (Lipinski definition) is 6. The van der Waals surface area contributed by atoms with Gasteiger partial charge in [-0.05, 0) is 32.0 Å². The van der Waals surface area contributed by atoms with Crippen LogP contribution in [-0.4, -0.2) is 48.6 Å². The van der Waals surface area contributed by atoms with Crippen molar-refractivity contribution in [2.24, 2.45) is 11.1 Å². The molecule has 1 saturated heterocycles. The number of anilines is 1. The summed E-state index contributed by atoms with van der Waals surface area (Å²) in [5.74, 6) is -0.592. The van der Waals surface area contributed by atoms with Crippen LogP contribution < -0.4 is 16.4 Å². The fourth-order valence-corrected chi connectivity index (χ4v) is 3.71. The molecule has 5 N–H and O–H groups in total. The van der Waals surface area contributed by atoms with E-state index in [9.17, 15) is 9.59 Å².